The molecular formula is C9H13N3O4. The number of nitrogens with one attached hydrogen (secondary N) is 1. The molecule has 0 saturated carbocycles. The minimum absolute atomic E-state index is 0.279. The van der Waals surface area contributed by atoms with Crippen LogP contribution in [0.3, 0.4) is 0 Å². The molecule has 0 spiro atoms. The van der Waals surface area contributed by atoms with Crippen molar-refractivity contribution in [3.63, 3.8) is 0 Å². The maximum absolute atomic E-state index is 11.2. The number of aryl methyl sites for hydroxylation is 1. The largest absolute Gasteiger partial charge is 0.480 e. The van der Waals surface area contributed by atoms with Crippen molar-refractivity contribution in [3.05, 3.63) is 33.1 Å². The van der Waals surface area contributed by atoms with E-state index >= 15 is 0 Å². The van der Waals surface area contributed by atoms with Crippen LogP contribution in [0.25, 0.3) is 0 Å². The minimum atomic E-state index is -1.06. The summed E-state index contributed by atoms with van der Waals surface area (Å²) in [5.41, 5.74) is 4.34. The van der Waals surface area contributed by atoms with Crippen molar-refractivity contribution >= 4 is 5.97 Å². The van der Waals surface area contributed by atoms with E-state index in [9.17, 15) is 14.4 Å². The van der Waals surface area contributed by atoms with Gasteiger partial charge in [-0.25, -0.2) is 4.79 Å². The standard InChI is InChI=1S/C9H13N3O4/c10-6(8(14)15)2-1-4-12-5-3-7(13)11-9(12)16/h3,5-6H,1-2,4,10H2,(H,14,15)(H,11,13,16)/t6-/m0/s1. The molecule has 1 atom stereocenters. The van der Waals surface area contributed by atoms with Crippen molar-refractivity contribution in [1.82, 2.24) is 9.55 Å². The van der Waals surface area contributed by atoms with Gasteiger partial charge in [0.2, 0.25) is 0 Å². The van der Waals surface area contributed by atoms with Gasteiger partial charge in [-0.15, -0.1) is 0 Å². The summed E-state index contributed by atoms with van der Waals surface area (Å²) in [6.07, 6.45) is 2.10. The third-order valence-corrected chi connectivity index (χ3v) is 2.13. The van der Waals surface area contributed by atoms with Crippen LogP contribution in [-0.2, 0) is 11.3 Å². The third-order valence-electron chi connectivity index (χ3n) is 2.13. The Hall–Kier alpha value is -1.89. The predicted octanol–water partition coefficient (Wildman–Crippen LogP) is -1.27. The first-order chi connectivity index (χ1) is 7.50. The quantitative estimate of drug-likeness (QED) is 0.579. The van der Waals surface area contributed by atoms with E-state index in [1.807, 2.05) is 0 Å². The monoisotopic (exact) mass is 227 g/mol. The van der Waals surface area contributed by atoms with Gasteiger partial charge in [-0.05, 0) is 12.8 Å². The van der Waals surface area contributed by atoms with Crippen LogP contribution in [-0.4, -0.2) is 26.7 Å². The van der Waals surface area contributed by atoms with Crippen LogP contribution in [0.15, 0.2) is 21.9 Å². The summed E-state index contributed by atoms with van der Waals surface area (Å²) in [4.78, 5) is 34.5. The lowest BCUT2D eigenvalue weighted by atomic mass is 10.2. The highest BCUT2D eigenvalue weighted by Crippen LogP contribution is 1.96. The molecule has 0 amide bonds. The lowest BCUT2D eigenvalue weighted by Crippen LogP contribution is -2.32. The average Bonchev–Trinajstić information content (AvgIpc) is 2.20. The van der Waals surface area contributed by atoms with Gasteiger partial charge in [-0.3, -0.25) is 14.6 Å². The maximum Gasteiger partial charge on any atom is 0.328 e. The Bertz CT molecular complexity index is 476. The zero-order valence-corrected chi connectivity index (χ0v) is 8.55. The lowest BCUT2D eigenvalue weighted by molar-refractivity contribution is -0.138. The van der Waals surface area contributed by atoms with E-state index in [1.165, 1.54) is 16.8 Å². The zero-order chi connectivity index (χ0) is 12.1. The van der Waals surface area contributed by atoms with E-state index < -0.39 is 23.3 Å². The van der Waals surface area contributed by atoms with Gasteiger partial charge in [0.25, 0.3) is 5.56 Å². The molecule has 0 saturated heterocycles. The summed E-state index contributed by atoms with van der Waals surface area (Å²) in [7, 11) is 0. The van der Waals surface area contributed by atoms with Crippen molar-refractivity contribution in [2.75, 3.05) is 0 Å². The van der Waals surface area contributed by atoms with Gasteiger partial charge in [0.15, 0.2) is 0 Å². The first kappa shape index (κ1) is 12.2. The molecule has 1 aromatic heterocycles. The van der Waals surface area contributed by atoms with E-state index in [-0.39, 0.29) is 6.42 Å². The van der Waals surface area contributed by atoms with Gasteiger partial charge in [0, 0.05) is 18.8 Å². The van der Waals surface area contributed by atoms with Crippen LogP contribution in [0.1, 0.15) is 12.8 Å². The van der Waals surface area contributed by atoms with Crippen LogP contribution in [0.2, 0.25) is 0 Å². The maximum atomic E-state index is 11.2. The Labute approximate surface area is 90.5 Å². The van der Waals surface area contributed by atoms with E-state index in [0.29, 0.717) is 13.0 Å². The Morgan fingerprint density at radius 3 is 2.81 bits per heavy atom. The average molecular weight is 227 g/mol. The van der Waals surface area contributed by atoms with Crippen molar-refractivity contribution < 1.29 is 9.90 Å². The first-order valence-electron chi connectivity index (χ1n) is 4.79. The number of aliphatic carboxylic acids is 1. The second kappa shape index (κ2) is 5.26. The summed E-state index contributed by atoms with van der Waals surface area (Å²) in [5.74, 6) is -1.06. The highest BCUT2D eigenvalue weighted by molar-refractivity contribution is 5.72. The molecular weight excluding hydrogens is 214 g/mol. The summed E-state index contributed by atoms with van der Waals surface area (Å²) >= 11 is 0. The fourth-order valence-electron chi connectivity index (χ4n) is 1.23. The van der Waals surface area contributed by atoms with Gasteiger partial charge in [0.05, 0.1) is 0 Å². The summed E-state index contributed by atoms with van der Waals surface area (Å²) < 4.78 is 1.30. The number of carboxylic acids is 1. The highest BCUT2D eigenvalue weighted by atomic mass is 16.4. The number of nitrogens with zero attached hydrogens (tertiary/aromatic N) is 1. The molecule has 0 aliphatic carbocycles. The molecule has 1 rings (SSSR count). The van der Waals surface area contributed by atoms with Crippen LogP contribution < -0.4 is 17.0 Å². The van der Waals surface area contributed by atoms with Gasteiger partial charge >= 0.3 is 11.7 Å². The Kier molecular flexibility index (Phi) is 4.01. The van der Waals surface area contributed by atoms with Gasteiger partial charge < -0.3 is 15.4 Å². The number of aromatic nitrogens is 2. The van der Waals surface area contributed by atoms with E-state index in [0.717, 1.165) is 0 Å². The van der Waals surface area contributed by atoms with Gasteiger partial charge in [-0.2, -0.15) is 0 Å². The molecule has 7 nitrogen and oxygen atoms in total. The van der Waals surface area contributed by atoms with Crippen molar-refractivity contribution in [3.8, 4) is 0 Å². The van der Waals surface area contributed by atoms with Gasteiger partial charge in [0.1, 0.15) is 6.04 Å². The fourth-order valence-corrected chi connectivity index (χ4v) is 1.23. The number of aromatic amines is 1. The smallest absolute Gasteiger partial charge is 0.328 e. The Balaban J connectivity index is 2.53. The SMILES string of the molecule is N[C@@H](CCCn1ccc(=O)[nH]c1=O)C(=O)O. The number of hydrogen-bond acceptors (Lipinski definition) is 4. The van der Waals surface area contributed by atoms with Crippen LogP contribution in [0.4, 0.5) is 0 Å². The number of carbonyl (C=O) groups is 1. The lowest BCUT2D eigenvalue weighted by Gasteiger charge is -2.07. The highest BCUT2D eigenvalue weighted by Gasteiger charge is 2.10. The van der Waals surface area contributed by atoms with E-state index in [1.54, 1.807) is 0 Å². The molecule has 0 unspecified atom stereocenters. The van der Waals surface area contributed by atoms with Crippen molar-refractivity contribution in [2.24, 2.45) is 5.73 Å². The molecule has 0 aromatic carbocycles. The number of nitrogens with two attached hydrogens (primary N) is 1. The number of hydrogen-bond donors (Lipinski definition) is 3. The Morgan fingerprint density at radius 1 is 1.56 bits per heavy atom. The predicted molar refractivity (Wildman–Crippen MR) is 56.2 cm³/mol. The molecule has 1 aromatic rings. The second-order valence-electron chi connectivity index (χ2n) is 3.39. The number of H-pyrrole nitrogens is 1. The summed E-state index contributed by atoms with van der Waals surface area (Å²) in [5, 5.41) is 8.53. The van der Waals surface area contributed by atoms with Crippen LogP contribution in [0.5, 0.6) is 0 Å². The molecule has 16 heavy (non-hydrogen) atoms. The second-order valence-corrected chi connectivity index (χ2v) is 3.39. The molecule has 0 bridgehead atoms. The zero-order valence-electron chi connectivity index (χ0n) is 8.55. The normalized spacial score (nSPS) is 12.3. The fraction of sp³-hybridized carbons (Fsp3) is 0.444. The van der Waals surface area contributed by atoms with Crippen molar-refractivity contribution in [2.45, 2.75) is 25.4 Å². The number of rotatable bonds is 5. The molecule has 0 fully saturated rings. The molecule has 4 N–H and O–H groups in total. The van der Waals surface area contributed by atoms with Crippen LogP contribution in [0, 0.1) is 0 Å². The molecule has 88 valence electrons. The van der Waals surface area contributed by atoms with Crippen LogP contribution >= 0.6 is 0 Å². The molecule has 7 heteroatoms. The Morgan fingerprint density at radius 2 is 2.25 bits per heavy atom. The number of carboxylic acid groups (broad SMARTS) is 1. The summed E-state index contributed by atoms with van der Waals surface area (Å²) in [6, 6.07) is 0.317. The van der Waals surface area contributed by atoms with E-state index in [2.05, 4.69) is 4.98 Å². The molecule has 0 radical (unpaired) electrons. The summed E-state index contributed by atoms with van der Waals surface area (Å²) in [6.45, 7) is 0.330. The molecule has 0 aliphatic rings. The van der Waals surface area contributed by atoms with E-state index in [4.69, 9.17) is 10.8 Å². The minimum Gasteiger partial charge on any atom is -0.480 e. The topological polar surface area (TPSA) is 118 Å². The van der Waals surface area contributed by atoms with Crippen molar-refractivity contribution in [1.29, 1.82) is 0 Å². The molecule has 0 aliphatic heterocycles. The molecule has 1 heterocycles. The van der Waals surface area contributed by atoms with Gasteiger partial charge in [-0.1, -0.05) is 0 Å². The first-order valence-corrected chi connectivity index (χ1v) is 4.79. The third kappa shape index (κ3) is 3.35.